The van der Waals surface area contributed by atoms with Crippen LogP contribution in [0.2, 0.25) is 0 Å². The molecule has 1 aliphatic heterocycles. The van der Waals surface area contributed by atoms with Gasteiger partial charge in [-0.3, -0.25) is 19.5 Å². The van der Waals surface area contributed by atoms with Gasteiger partial charge in [0.1, 0.15) is 19.0 Å². The molecule has 9 nitrogen and oxygen atoms in total. The molecule has 0 radical (unpaired) electrons. The van der Waals surface area contributed by atoms with E-state index in [1.54, 1.807) is 43.5 Å². The molecule has 2 heterocycles. The molecule has 0 aliphatic carbocycles. The van der Waals surface area contributed by atoms with Crippen molar-refractivity contribution >= 4 is 17.5 Å². The van der Waals surface area contributed by atoms with Crippen LogP contribution < -0.4 is 10.1 Å². The third-order valence-electron chi connectivity index (χ3n) is 6.24. The van der Waals surface area contributed by atoms with E-state index in [0.29, 0.717) is 36.7 Å². The molecular weight excluding hydrogens is 448 g/mol. The first-order valence-electron chi connectivity index (χ1n) is 11.8. The van der Waals surface area contributed by atoms with Gasteiger partial charge in [-0.15, -0.1) is 0 Å². The molecule has 2 amide bonds. The maximum atomic E-state index is 13.3. The topological polar surface area (TPSA) is 93.2 Å². The number of carbonyl (C=O) groups excluding carboxylic acids is 2. The maximum absolute atomic E-state index is 13.3. The molecular formula is C26H36N4O5. The van der Waals surface area contributed by atoms with Crippen LogP contribution in [0.4, 0.5) is 5.69 Å². The molecule has 1 aromatic carbocycles. The van der Waals surface area contributed by atoms with Crippen LogP contribution in [0, 0.1) is 5.92 Å². The SMILES string of the molecule is COCC(=O)Nc1ccc2c(c1)OC[C@H](C)N(Cc1cccnc1)C[C@@H](C)[C@@H](OC)CN(C)C2=O. The molecule has 35 heavy (non-hydrogen) atoms. The Morgan fingerprint density at radius 3 is 2.71 bits per heavy atom. The van der Waals surface area contributed by atoms with E-state index in [1.807, 2.05) is 12.3 Å². The van der Waals surface area contributed by atoms with Gasteiger partial charge in [0.25, 0.3) is 5.91 Å². The van der Waals surface area contributed by atoms with E-state index in [4.69, 9.17) is 14.2 Å². The van der Waals surface area contributed by atoms with Crippen molar-refractivity contribution in [2.24, 2.45) is 5.92 Å². The molecule has 0 saturated heterocycles. The molecule has 3 atom stereocenters. The van der Waals surface area contributed by atoms with E-state index in [9.17, 15) is 9.59 Å². The summed E-state index contributed by atoms with van der Waals surface area (Å²) in [6, 6.07) is 9.11. The molecule has 1 aliphatic rings. The minimum atomic E-state index is -0.281. The fourth-order valence-corrected chi connectivity index (χ4v) is 4.20. The summed E-state index contributed by atoms with van der Waals surface area (Å²) < 4.78 is 16.9. The summed E-state index contributed by atoms with van der Waals surface area (Å²) in [6.07, 6.45) is 3.51. The molecule has 1 N–H and O–H groups in total. The fourth-order valence-electron chi connectivity index (χ4n) is 4.20. The molecule has 1 aromatic heterocycles. The van der Waals surface area contributed by atoms with Crippen LogP contribution in [0.15, 0.2) is 42.7 Å². The highest BCUT2D eigenvalue weighted by Crippen LogP contribution is 2.27. The third kappa shape index (κ3) is 7.24. The van der Waals surface area contributed by atoms with Gasteiger partial charge in [0.05, 0.1) is 11.7 Å². The summed E-state index contributed by atoms with van der Waals surface area (Å²) in [6.45, 7) is 6.48. The Hall–Kier alpha value is -3.01. The zero-order valence-electron chi connectivity index (χ0n) is 21.2. The Balaban J connectivity index is 1.92. The number of nitrogens with one attached hydrogen (secondary N) is 1. The van der Waals surface area contributed by atoms with Crippen molar-refractivity contribution in [3.8, 4) is 5.75 Å². The minimum absolute atomic E-state index is 0.0435. The lowest BCUT2D eigenvalue weighted by atomic mass is 10.0. The molecule has 0 unspecified atom stereocenters. The largest absolute Gasteiger partial charge is 0.491 e. The number of likely N-dealkylation sites (N-methyl/N-ethyl adjacent to an activating group) is 1. The number of pyridine rings is 1. The zero-order valence-corrected chi connectivity index (χ0v) is 21.2. The first-order chi connectivity index (χ1) is 16.8. The maximum Gasteiger partial charge on any atom is 0.257 e. The van der Waals surface area contributed by atoms with Crippen molar-refractivity contribution in [1.82, 2.24) is 14.8 Å². The number of carbonyl (C=O) groups is 2. The molecule has 0 saturated carbocycles. The number of rotatable bonds is 6. The van der Waals surface area contributed by atoms with Crippen LogP contribution in [0.3, 0.4) is 0 Å². The predicted octanol–water partition coefficient (Wildman–Crippen LogP) is 2.67. The lowest BCUT2D eigenvalue weighted by Crippen LogP contribution is -2.46. The summed E-state index contributed by atoms with van der Waals surface area (Å²) in [5, 5.41) is 2.77. The lowest BCUT2D eigenvalue weighted by molar-refractivity contribution is -0.119. The smallest absolute Gasteiger partial charge is 0.257 e. The summed E-state index contributed by atoms with van der Waals surface area (Å²) in [5.41, 5.74) is 2.09. The first kappa shape index (κ1) is 26.6. The number of hydrogen-bond donors (Lipinski definition) is 1. The van der Waals surface area contributed by atoms with Crippen molar-refractivity contribution in [1.29, 1.82) is 0 Å². The van der Waals surface area contributed by atoms with Crippen molar-refractivity contribution < 1.29 is 23.8 Å². The normalized spacial score (nSPS) is 21.9. The summed E-state index contributed by atoms with van der Waals surface area (Å²) >= 11 is 0. The van der Waals surface area contributed by atoms with Gasteiger partial charge in [-0.05, 0) is 36.6 Å². The molecule has 2 aromatic rings. The van der Waals surface area contributed by atoms with E-state index in [-0.39, 0.29) is 36.5 Å². The highest BCUT2D eigenvalue weighted by atomic mass is 16.5. The predicted molar refractivity (Wildman–Crippen MR) is 133 cm³/mol. The summed E-state index contributed by atoms with van der Waals surface area (Å²) in [4.78, 5) is 33.6. The Labute approximate surface area is 207 Å². The van der Waals surface area contributed by atoms with Crippen LogP contribution in [-0.2, 0) is 20.8 Å². The number of fused-ring (bicyclic) bond motifs is 1. The number of ether oxygens (including phenoxy) is 3. The van der Waals surface area contributed by atoms with Gasteiger partial charge in [0.2, 0.25) is 5.91 Å². The van der Waals surface area contributed by atoms with Gasteiger partial charge < -0.3 is 24.4 Å². The second-order valence-electron chi connectivity index (χ2n) is 9.08. The first-order valence-corrected chi connectivity index (χ1v) is 11.8. The monoisotopic (exact) mass is 484 g/mol. The molecule has 9 heteroatoms. The van der Waals surface area contributed by atoms with Crippen LogP contribution in [0.5, 0.6) is 5.75 Å². The number of benzene rings is 1. The number of methoxy groups -OCH3 is 2. The van der Waals surface area contributed by atoms with E-state index in [2.05, 4.69) is 35.1 Å². The highest BCUT2D eigenvalue weighted by molar-refractivity contribution is 5.98. The van der Waals surface area contributed by atoms with E-state index >= 15 is 0 Å². The lowest BCUT2D eigenvalue weighted by Gasteiger charge is -2.36. The van der Waals surface area contributed by atoms with Gasteiger partial charge in [0.15, 0.2) is 0 Å². The second kappa shape index (κ2) is 12.6. The number of hydrogen-bond acceptors (Lipinski definition) is 7. The standard InChI is InChI=1S/C26H36N4O5/c1-18-13-30(14-20-7-6-10-27-12-20)19(2)16-35-23-11-21(28-25(31)17-33-4)8-9-22(23)26(32)29(3)15-24(18)34-5/h6-12,18-19,24H,13-17H2,1-5H3,(H,28,31)/t18-,19+,24+/m1/s1. The highest BCUT2D eigenvalue weighted by Gasteiger charge is 2.28. The Morgan fingerprint density at radius 2 is 2.03 bits per heavy atom. The minimum Gasteiger partial charge on any atom is -0.491 e. The van der Waals surface area contributed by atoms with Gasteiger partial charge in [-0.25, -0.2) is 0 Å². The van der Waals surface area contributed by atoms with Crippen molar-refractivity contribution in [3.63, 3.8) is 0 Å². The Bertz CT molecular complexity index is 987. The average molecular weight is 485 g/mol. The number of amides is 2. The van der Waals surface area contributed by atoms with E-state index in [0.717, 1.165) is 12.1 Å². The van der Waals surface area contributed by atoms with Crippen molar-refractivity contribution in [2.75, 3.05) is 52.9 Å². The molecule has 0 fully saturated rings. The molecule has 3 rings (SSSR count). The van der Waals surface area contributed by atoms with Crippen molar-refractivity contribution in [2.45, 2.75) is 32.5 Å². The van der Waals surface area contributed by atoms with Crippen LogP contribution in [-0.4, -0.2) is 86.3 Å². The van der Waals surface area contributed by atoms with Crippen LogP contribution in [0.1, 0.15) is 29.8 Å². The Kier molecular flexibility index (Phi) is 9.59. The van der Waals surface area contributed by atoms with Crippen LogP contribution in [0.25, 0.3) is 0 Å². The summed E-state index contributed by atoms with van der Waals surface area (Å²) in [5.74, 6) is 0.154. The van der Waals surface area contributed by atoms with Crippen molar-refractivity contribution in [3.05, 3.63) is 53.9 Å². The number of nitrogens with zero attached hydrogens (tertiary/aromatic N) is 3. The van der Waals surface area contributed by atoms with Gasteiger partial charge in [-0.2, -0.15) is 0 Å². The zero-order chi connectivity index (χ0) is 25.4. The van der Waals surface area contributed by atoms with Gasteiger partial charge in [-0.1, -0.05) is 13.0 Å². The number of aromatic nitrogens is 1. The number of anilines is 1. The molecule has 0 spiro atoms. The fraction of sp³-hybridized carbons (Fsp3) is 0.500. The summed E-state index contributed by atoms with van der Waals surface area (Å²) in [7, 11) is 4.91. The van der Waals surface area contributed by atoms with Crippen LogP contribution >= 0.6 is 0 Å². The van der Waals surface area contributed by atoms with E-state index < -0.39 is 0 Å². The average Bonchev–Trinajstić information content (AvgIpc) is 2.85. The molecule has 190 valence electrons. The van der Waals surface area contributed by atoms with Gasteiger partial charge in [0, 0.05) is 71.1 Å². The second-order valence-corrected chi connectivity index (χ2v) is 9.08. The van der Waals surface area contributed by atoms with Gasteiger partial charge >= 0.3 is 0 Å². The molecule has 0 bridgehead atoms. The third-order valence-corrected chi connectivity index (χ3v) is 6.24. The Morgan fingerprint density at radius 1 is 1.23 bits per heavy atom. The quantitative estimate of drug-likeness (QED) is 0.674. The van der Waals surface area contributed by atoms with E-state index in [1.165, 1.54) is 7.11 Å².